The van der Waals surface area contributed by atoms with Crippen LogP contribution in [0.3, 0.4) is 0 Å². The van der Waals surface area contributed by atoms with E-state index in [0.29, 0.717) is 46.9 Å². The van der Waals surface area contributed by atoms with E-state index in [1.807, 2.05) is 55.4 Å². The highest BCUT2D eigenvalue weighted by molar-refractivity contribution is 5.97. The van der Waals surface area contributed by atoms with Crippen molar-refractivity contribution in [1.29, 1.82) is 0 Å². The summed E-state index contributed by atoms with van der Waals surface area (Å²) in [5.74, 6) is 1.67. The fourth-order valence-electron chi connectivity index (χ4n) is 8.27. The fraction of sp³-hybridized carbons (Fsp3) is 0.632. The van der Waals surface area contributed by atoms with Gasteiger partial charge in [-0.2, -0.15) is 5.06 Å². The summed E-state index contributed by atoms with van der Waals surface area (Å²) in [6, 6.07) is 10.9. The molecule has 2 amide bonds. The minimum Gasteiger partial charge on any atom is -0.496 e. The molecule has 48 heavy (non-hydrogen) atoms. The van der Waals surface area contributed by atoms with E-state index in [0.717, 1.165) is 35.2 Å². The van der Waals surface area contributed by atoms with Crippen molar-refractivity contribution in [1.82, 2.24) is 15.7 Å². The van der Waals surface area contributed by atoms with Crippen LogP contribution in [0.1, 0.15) is 69.8 Å². The molecular weight excluding hydrogens is 608 g/mol. The molecule has 1 saturated heterocycles. The first-order valence-corrected chi connectivity index (χ1v) is 17.5. The lowest BCUT2D eigenvalue weighted by atomic mass is 9.45. The Kier molecular flexibility index (Phi) is 11.1. The Bertz CT molecular complexity index is 1460. The van der Waals surface area contributed by atoms with Crippen LogP contribution in [0.5, 0.6) is 5.75 Å². The van der Waals surface area contributed by atoms with E-state index in [-0.39, 0.29) is 37.6 Å². The maximum absolute atomic E-state index is 14.0. The van der Waals surface area contributed by atoms with Crippen LogP contribution < -0.4 is 20.3 Å². The molecule has 264 valence electrons. The zero-order chi connectivity index (χ0) is 34.9. The van der Waals surface area contributed by atoms with Crippen LogP contribution >= 0.6 is 0 Å². The molecule has 2 aromatic carbocycles. The third kappa shape index (κ3) is 7.08. The Balaban J connectivity index is 1.42. The minimum atomic E-state index is -0.794. The number of hydrogen-bond donors (Lipinski definition) is 4. The monoisotopic (exact) mass is 664 g/mol. The van der Waals surface area contributed by atoms with Crippen molar-refractivity contribution in [3.63, 3.8) is 0 Å². The molecule has 6 rings (SSSR count). The van der Waals surface area contributed by atoms with Gasteiger partial charge in [-0.15, -0.1) is 0 Å². The van der Waals surface area contributed by atoms with Gasteiger partial charge in [0.2, 0.25) is 5.91 Å². The Morgan fingerprint density at radius 1 is 1.12 bits per heavy atom. The van der Waals surface area contributed by atoms with Crippen molar-refractivity contribution in [3.8, 4) is 16.9 Å². The van der Waals surface area contributed by atoms with E-state index >= 15 is 0 Å². The zero-order valence-electron chi connectivity index (χ0n) is 30.0. The molecule has 1 aliphatic heterocycles. The summed E-state index contributed by atoms with van der Waals surface area (Å²) in [7, 11) is 5.49. The van der Waals surface area contributed by atoms with Crippen LogP contribution in [0.4, 0.5) is 5.69 Å². The van der Waals surface area contributed by atoms with Gasteiger partial charge in [-0.1, -0.05) is 52.8 Å². The van der Waals surface area contributed by atoms with Gasteiger partial charge in [0.1, 0.15) is 17.9 Å². The van der Waals surface area contributed by atoms with Gasteiger partial charge >= 0.3 is 0 Å². The lowest BCUT2D eigenvalue weighted by molar-refractivity contribution is -0.183. The van der Waals surface area contributed by atoms with E-state index in [9.17, 15) is 19.8 Å². The Hall–Kier alpha value is -3.18. The number of methoxy groups -OCH3 is 1. The number of rotatable bonds is 13. The summed E-state index contributed by atoms with van der Waals surface area (Å²) in [4.78, 5) is 35.4. The van der Waals surface area contributed by atoms with Crippen molar-refractivity contribution in [2.24, 2.45) is 35.0 Å². The number of hydrogen-bond acceptors (Lipinski definition) is 8. The van der Waals surface area contributed by atoms with Crippen molar-refractivity contribution in [2.75, 3.05) is 45.9 Å². The molecule has 4 aliphatic rings. The van der Waals surface area contributed by atoms with Crippen LogP contribution in [0, 0.1) is 35.0 Å². The molecule has 0 unspecified atom stereocenters. The van der Waals surface area contributed by atoms with Gasteiger partial charge in [0.25, 0.3) is 5.91 Å². The Labute approximate surface area is 286 Å². The molecule has 10 nitrogen and oxygen atoms in total. The number of fused-ring (bicyclic) bond motifs is 2. The second kappa shape index (κ2) is 14.7. The van der Waals surface area contributed by atoms with Gasteiger partial charge in [0, 0.05) is 55.0 Å². The number of nitrogens with zero attached hydrogens (tertiary/aromatic N) is 2. The summed E-state index contributed by atoms with van der Waals surface area (Å²) < 4.78 is 6.01. The quantitative estimate of drug-likeness (QED) is 0.247. The molecule has 3 aliphatic carbocycles. The lowest BCUT2D eigenvalue weighted by Crippen LogP contribution is -2.62. The smallest absolute Gasteiger partial charge is 0.251 e. The van der Waals surface area contributed by atoms with Gasteiger partial charge in [0.15, 0.2) is 0 Å². The van der Waals surface area contributed by atoms with Gasteiger partial charge in [-0.05, 0) is 72.1 Å². The summed E-state index contributed by atoms with van der Waals surface area (Å²) in [6.45, 7) is 11.3. The summed E-state index contributed by atoms with van der Waals surface area (Å²) >= 11 is 0. The van der Waals surface area contributed by atoms with Crippen molar-refractivity contribution < 1.29 is 29.4 Å². The summed E-state index contributed by atoms with van der Waals surface area (Å²) in [5, 5.41) is 28.5. The lowest BCUT2D eigenvalue weighted by Gasteiger charge is -2.62. The standard InChI is InChI=1S/C38H56N4O6/c1-22(2)12-13-39-36(45)26-14-25(15-28(16-26)41(6)7)29-11-9-10-24(35(29)47-8)19-42-34(30(20-43)33(21-44)48-42)37(46)40-32-18-27-17-31(23(32)3)38(27,4)5/h9-11,14-16,22-23,27,30-34,43-44H,12-13,17-21H2,1-8H3,(H,39,45)(H,40,46)/t23-,27+,30+,31-,32-,33-,34-/m0/s1. The first-order chi connectivity index (χ1) is 22.8. The first kappa shape index (κ1) is 36.1. The molecule has 3 saturated carbocycles. The second-order valence-corrected chi connectivity index (χ2v) is 15.4. The topological polar surface area (TPSA) is 124 Å². The first-order valence-electron chi connectivity index (χ1n) is 17.5. The molecule has 7 atom stereocenters. The summed E-state index contributed by atoms with van der Waals surface area (Å²) in [5.41, 5.74) is 4.12. The highest BCUT2D eigenvalue weighted by Crippen LogP contribution is 2.61. The number of para-hydroxylation sites is 1. The van der Waals surface area contributed by atoms with Gasteiger partial charge in [0.05, 0.1) is 26.9 Å². The predicted octanol–water partition coefficient (Wildman–Crippen LogP) is 4.48. The highest BCUT2D eigenvalue weighted by Gasteiger charge is 2.57. The molecule has 0 aromatic heterocycles. The molecule has 2 bridgehead atoms. The Morgan fingerprint density at radius 2 is 1.88 bits per heavy atom. The second-order valence-electron chi connectivity index (χ2n) is 15.4. The molecule has 2 aromatic rings. The Morgan fingerprint density at radius 3 is 2.48 bits per heavy atom. The number of ether oxygens (including phenoxy) is 1. The van der Waals surface area contributed by atoms with E-state index in [1.54, 1.807) is 12.2 Å². The average Bonchev–Trinajstić information content (AvgIpc) is 3.41. The van der Waals surface area contributed by atoms with Crippen LogP contribution in [0.15, 0.2) is 36.4 Å². The largest absolute Gasteiger partial charge is 0.496 e. The van der Waals surface area contributed by atoms with Gasteiger partial charge in [-0.25, -0.2) is 0 Å². The maximum atomic E-state index is 14.0. The van der Waals surface area contributed by atoms with Crippen LogP contribution in [0.25, 0.3) is 11.1 Å². The number of anilines is 1. The number of amides is 2. The number of benzene rings is 2. The van der Waals surface area contributed by atoms with Crippen molar-refractivity contribution >= 4 is 17.5 Å². The number of nitrogens with one attached hydrogen (secondary N) is 2. The maximum Gasteiger partial charge on any atom is 0.251 e. The highest BCUT2D eigenvalue weighted by atomic mass is 16.7. The SMILES string of the molecule is COc1c(CN2O[C@@H](CO)[C@@H](CO)[C@H]2C(=O)N[C@H]2C[C@H]3C[C@@H]([C@@H]2C)C3(C)C)cccc1-c1cc(C(=O)NCCC(C)C)cc(N(C)C)c1. The van der Waals surface area contributed by atoms with E-state index < -0.39 is 18.1 Å². The number of hydroxylamine groups is 2. The predicted molar refractivity (Wildman–Crippen MR) is 188 cm³/mol. The third-order valence-electron chi connectivity index (χ3n) is 11.4. The normalized spacial score (nSPS) is 27.8. The number of carbonyl (C=O) groups excluding carboxylic acids is 2. The summed E-state index contributed by atoms with van der Waals surface area (Å²) in [6.07, 6.45) is 2.33. The van der Waals surface area contributed by atoms with Crippen molar-refractivity contribution in [2.45, 2.75) is 78.6 Å². The van der Waals surface area contributed by atoms with Crippen LogP contribution in [-0.2, 0) is 16.2 Å². The van der Waals surface area contributed by atoms with Gasteiger partial charge in [-0.3, -0.25) is 14.4 Å². The molecule has 1 heterocycles. The van der Waals surface area contributed by atoms with Crippen molar-refractivity contribution in [3.05, 3.63) is 47.5 Å². The van der Waals surface area contributed by atoms with E-state index in [4.69, 9.17) is 9.57 Å². The molecule has 0 radical (unpaired) electrons. The van der Waals surface area contributed by atoms with Crippen LogP contribution in [-0.4, -0.2) is 86.2 Å². The average molecular weight is 665 g/mol. The van der Waals surface area contributed by atoms with E-state index in [1.165, 1.54) is 6.42 Å². The molecular formula is C38H56N4O6. The van der Waals surface area contributed by atoms with Gasteiger partial charge < -0.3 is 30.5 Å². The number of carbonyl (C=O) groups is 2. The number of aliphatic hydroxyl groups excluding tert-OH is 2. The number of aliphatic hydroxyl groups is 2. The molecule has 4 fully saturated rings. The van der Waals surface area contributed by atoms with Crippen LogP contribution in [0.2, 0.25) is 0 Å². The zero-order valence-corrected chi connectivity index (χ0v) is 30.0. The molecule has 10 heteroatoms. The molecule has 0 spiro atoms. The third-order valence-corrected chi connectivity index (χ3v) is 11.4. The minimum absolute atomic E-state index is 0.0576. The fourth-order valence-corrected chi connectivity index (χ4v) is 8.27. The molecule has 4 N–H and O–H groups in total. The van der Waals surface area contributed by atoms with E-state index in [2.05, 4.69) is 45.3 Å².